The summed E-state index contributed by atoms with van der Waals surface area (Å²) in [5.41, 5.74) is 9.31. The molecule has 5 N–H and O–H groups in total. The maximum absolute atomic E-state index is 12.7. The fraction of sp³-hybridized carbons (Fsp3) is 0.130. The van der Waals surface area contributed by atoms with E-state index in [-0.39, 0.29) is 23.1 Å². The van der Waals surface area contributed by atoms with Crippen molar-refractivity contribution in [1.82, 2.24) is 0 Å². The Hall–Kier alpha value is -3.65. The molecular formula is C23H24N4O3S. The summed E-state index contributed by atoms with van der Waals surface area (Å²) in [6.45, 7) is 3.65. The zero-order chi connectivity index (χ0) is 22.6. The fourth-order valence-corrected chi connectivity index (χ4v) is 4.22. The number of nitrogen functional groups attached to an aromatic ring is 1. The van der Waals surface area contributed by atoms with Gasteiger partial charge >= 0.3 is 0 Å². The highest BCUT2D eigenvalue weighted by Crippen LogP contribution is 2.27. The highest BCUT2D eigenvalue weighted by molar-refractivity contribution is 7.92. The average molecular weight is 437 g/mol. The van der Waals surface area contributed by atoms with Crippen LogP contribution < -0.4 is 15.8 Å². The molecule has 3 aromatic rings. The van der Waals surface area contributed by atoms with Crippen molar-refractivity contribution in [1.29, 1.82) is 5.41 Å². The topological polar surface area (TPSA) is 125 Å². The molecule has 3 rings (SSSR count). The van der Waals surface area contributed by atoms with Crippen LogP contribution in [0.4, 0.5) is 11.4 Å². The molecule has 3 aromatic carbocycles. The van der Waals surface area contributed by atoms with Crippen LogP contribution in [0.2, 0.25) is 0 Å². The first-order chi connectivity index (χ1) is 14.7. The molecular weight excluding hydrogens is 412 g/mol. The summed E-state index contributed by atoms with van der Waals surface area (Å²) in [6, 6.07) is 18.4. The van der Waals surface area contributed by atoms with Gasteiger partial charge in [-0.1, -0.05) is 48.5 Å². The minimum atomic E-state index is -3.74. The van der Waals surface area contributed by atoms with E-state index >= 15 is 0 Å². The molecule has 0 fully saturated rings. The number of sulfonamides is 1. The number of hydrogen-bond acceptors (Lipinski definition) is 4. The molecule has 0 aromatic heterocycles. The van der Waals surface area contributed by atoms with E-state index in [0.717, 1.165) is 16.7 Å². The number of rotatable bonds is 7. The van der Waals surface area contributed by atoms with Crippen molar-refractivity contribution in [3.05, 3.63) is 89.0 Å². The quantitative estimate of drug-likeness (QED) is 0.334. The van der Waals surface area contributed by atoms with Crippen LogP contribution in [0.3, 0.4) is 0 Å². The Balaban J connectivity index is 1.77. The first-order valence-electron chi connectivity index (χ1n) is 9.58. The predicted molar refractivity (Wildman–Crippen MR) is 123 cm³/mol. The van der Waals surface area contributed by atoms with Crippen LogP contribution in [0.5, 0.6) is 0 Å². The number of anilines is 2. The van der Waals surface area contributed by atoms with Gasteiger partial charge in [0.25, 0.3) is 10.0 Å². The Morgan fingerprint density at radius 2 is 1.55 bits per heavy atom. The lowest BCUT2D eigenvalue weighted by Gasteiger charge is -2.15. The molecule has 0 spiro atoms. The first kappa shape index (κ1) is 22.0. The number of amidine groups is 1. The maximum Gasteiger partial charge on any atom is 0.261 e. The number of hydrogen-bond donors (Lipinski definition) is 4. The van der Waals surface area contributed by atoms with Crippen LogP contribution in [-0.4, -0.2) is 20.2 Å². The van der Waals surface area contributed by atoms with E-state index in [2.05, 4.69) is 10.0 Å². The molecule has 0 aliphatic carbocycles. The molecule has 1 amide bonds. The van der Waals surface area contributed by atoms with Crippen molar-refractivity contribution >= 4 is 33.1 Å². The van der Waals surface area contributed by atoms with Crippen LogP contribution >= 0.6 is 0 Å². The Morgan fingerprint density at radius 1 is 0.935 bits per heavy atom. The molecule has 0 bridgehead atoms. The number of nitrogens with one attached hydrogen (secondary N) is 3. The fourth-order valence-electron chi connectivity index (χ4n) is 3.08. The average Bonchev–Trinajstić information content (AvgIpc) is 2.72. The molecule has 160 valence electrons. The van der Waals surface area contributed by atoms with E-state index in [4.69, 9.17) is 11.1 Å². The molecule has 0 saturated carbocycles. The molecule has 0 atom stereocenters. The highest BCUT2D eigenvalue weighted by Gasteiger charge is 2.16. The van der Waals surface area contributed by atoms with Crippen LogP contribution in [0.25, 0.3) is 0 Å². The number of aryl methyl sites for hydroxylation is 2. The molecule has 0 aliphatic rings. The van der Waals surface area contributed by atoms with Crippen molar-refractivity contribution in [3.63, 3.8) is 0 Å². The molecule has 7 nitrogen and oxygen atoms in total. The van der Waals surface area contributed by atoms with Gasteiger partial charge in [-0.05, 0) is 48.7 Å². The SMILES string of the molecule is Cc1cc(C)c(NS(=O)(=O)c2ccccc2)cc1NC(=O)Cc1ccc(C(=N)N)cc1. The zero-order valence-electron chi connectivity index (χ0n) is 17.3. The van der Waals surface area contributed by atoms with Crippen molar-refractivity contribution in [2.45, 2.75) is 25.2 Å². The molecule has 31 heavy (non-hydrogen) atoms. The summed E-state index contributed by atoms with van der Waals surface area (Å²) < 4.78 is 27.9. The summed E-state index contributed by atoms with van der Waals surface area (Å²) >= 11 is 0. The maximum atomic E-state index is 12.7. The van der Waals surface area contributed by atoms with E-state index in [9.17, 15) is 13.2 Å². The van der Waals surface area contributed by atoms with Crippen LogP contribution in [0, 0.1) is 19.3 Å². The smallest absolute Gasteiger partial charge is 0.261 e. The van der Waals surface area contributed by atoms with E-state index in [1.165, 1.54) is 12.1 Å². The van der Waals surface area contributed by atoms with Crippen molar-refractivity contribution < 1.29 is 13.2 Å². The van der Waals surface area contributed by atoms with Gasteiger partial charge in [-0.25, -0.2) is 8.42 Å². The van der Waals surface area contributed by atoms with Gasteiger partial charge in [0.05, 0.1) is 17.0 Å². The minimum absolute atomic E-state index is 0.0308. The lowest BCUT2D eigenvalue weighted by molar-refractivity contribution is -0.115. The summed E-state index contributed by atoms with van der Waals surface area (Å²) in [5, 5.41) is 10.3. The normalized spacial score (nSPS) is 11.0. The number of benzene rings is 3. The number of carbonyl (C=O) groups is 1. The Kier molecular flexibility index (Phi) is 6.41. The second-order valence-corrected chi connectivity index (χ2v) is 8.92. The largest absolute Gasteiger partial charge is 0.384 e. The molecule has 0 unspecified atom stereocenters. The number of amides is 1. The number of nitrogens with two attached hydrogens (primary N) is 1. The van der Waals surface area contributed by atoms with Crippen LogP contribution in [0.15, 0.2) is 71.6 Å². The summed E-state index contributed by atoms with van der Waals surface area (Å²) in [4.78, 5) is 12.7. The second kappa shape index (κ2) is 9.01. The van der Waals surface area contributed by atoms with Gasteiger partial charge < -0.3 is 11.1 Å². The first-order valence-corrected chi connectivity index (χ1v) is 11.1. The van der Waals surface area contributed by atoms with Crippen molar-refractivity contribution in [2.24, 2.45) is 5.73 Å². The van der Waals surface area contributed by atoms with Gasteiger partial charge in [-0.3, -0.25) is 14.9 Å². The van der Waals surface area contributed by atoms with Gasteiger partial charge in [0.2, 0.25) is 5.91 Å². The van der Waals surface area contributed by atoms with Gasteiger partial charge in [0.1, 0.15) is 5.84 Å². The van der Waals surface area contributed by atoms with Crippen molar-refractivity contribution in [2.75, 3.05) is 10.0 Å². The Bertz CT molecular complexity index is 1220. The summed E-state index contributed by atoms with van der Waals surface area (Å²) in [7, 11) is -3.74. The van der Waals surface area contributed by atoms with E-state index < -0.39 is 10.0 Å². The van der Waals surface area contributed by atoms with Crippen LogP contribution in [-0.2, 0) is 21.2 Å². The molecule has 0 aliphatic heterocycles. The van der Waals surface area contributed by atoms with Crippen molar-refractivity contribution in [3.8, 4) is 0 Å². The second-order valence-electron chi connectivity index (χ2n) is 7.24. The molecule has 0 saturated heterocycles. The van der Waals surface area contributed by atoms with E-state index in [1.807, 2.05) is 13.0 Å². The van der Waals surface area contributed by atoms with E-state index in [0.29, 0.717) is 16.9 Å². The summed E-state index contributed by atoms with van der Waals surface area (Å²) in [5.74, 6) is -0.267. The zero-order valence-corrected chi connectivity index (χ0v) is 18.1. The number of carbonyl (C=O) groups excluding carboxylic acids is 1. The Morgan fingerprint density at radius 3 is 2.16 bits per heavy atom. The van der Waals surface area contributed by atoms with Gasteiger partial charge in [-0.15, -0.1) is 0 Å². The third-order valence-electron chi connectivity index (χ3n) is 4.77. The predicted octanol–water partition coefficient (Wildman–Crippen LogP) is 3.57. The monoisotopic (exact) mass is 436 g/mol. The lowest BCUT2D eigenvalue weighted by Crippen LogP contribution is -2.17. The minimum Gasteiger partial charge on any atom is -0.384 e. The van der Waals surface area contributed by atoms with Gasteiger partial charge in [0.15, 0.2) is 0 Å². The third-order valence-corrected chi connectivity index (χ3v) is 6.15. The lowest BCUT2D eigenvalue weighted by atomic mass is 10.1. The molecule has 8 heteroatoms. The Labute approximate surface area is 181 Å². The van der Waals surface area contributed by atoms with Gasteiger partial charge in [0, 0.05) is 11.3 Å². The van der Waals surface area contributed by atoms with Crippen LogP contribution in [0.1, 0.15) is 22.3 Å². The summed E-state index contributed by atoms with van der Waals surface area (Å²) in [6.07, 6.45) is 0.135. The molecule has 0 radical (unpaired) electrons. The standard InChI is InChI=1S/C23H24N4O3S/c1-15-12-16(2)21(27-31(29,30)19-6-4-3-5-7-19)14-20(15)26-22(28)13-17-8-10-18(11-9-17)23(24)25/h3-12,14,27H,13H2,1-2H3,(H3,24,25)(H,26,28). The molecule has 0 heterocycles. The highest BCUT2D eigenvalue weighted by atomic mass is 32.2. The van der Waals surface area contributed by atoms with Gasteiger partial charge in [-0.2, -0.15) is 0 Å². The van der Waals surface area contributed by atoms with E-state index in [1.54, 1.807) is 55.5 Å². The third kappa shape index (κ3) is 5.49.